The first-order chi connectivity index (χ1) is 9.29. The molecule has 20 heavy (non-hydrogen) atoms. The van der Waals surface area contributed by atoms with Crippen molar-refractivity contribution < 1.29 is 9.53 Å². The van der Waals surface area contributed by atoms with Crippen molar-refractivity contribution in [1.29, 1.82) is 0 Å². The van der Waals surface area contributed by atoms with Crippen molar-refractivity contribution in [3.63, 3.8) is 0 Å². The fourth-order valence-corrected chi connectivity index (χ4v) is 3.84. The number of carbonyl (C=O) groups excluding carboxylic acids is 1. The van der Waals surface area contributed by atoms with Gasteiger partial charge in [-0.1, -0.05) is 0 Å². The van der Waals surface area contributed by atoms with E-state index in [-0.39, 0.29) is 6.09 Å². The molecule has 1 saturated heterocycles. The van der Waals surface area contributed by atoms with Crippen molar-refractivity contribution in [2.75, 3.05) is 20.6 Å². The van der Waals surface area contributed by atoms with E-state index in [2.05, 4.69) is 19.0 Å². The van der Waals surface area contributed by atoms with Gasteiger partial charge in [-0.25, -0.2) is 4.79 Å². The standard InChI is InChI=1S/C16H30N2O2/c1-16(2,3)20-15(19)18-11-7-8-12-13(17(4)5)9-6-10-14(12)18/h12-14H,6-11H2,1-5H3. The Morgan fingerprint density at radius 3 is 2.45 bits per heavy atom. The first-order valence-electron chi connectivity index (χ1n) is 7.95. The van der Waals surface area contributed by atoms with Crippen LogP contribution in [0.25, 0.3) is 0 Å². The summed E-state index contributed by atoms with van der Waals surface area (Å²) in [6.07, 6.45) is 5.83. The molecule has 0 aromatic rings. The van der Waals surface area contributed by atoms with Crippen LogP contribution in [-0.4, -0.2) is 54.2 Å². The summed E-state index contributed by atoms with van der Waals surface area (Å²) < 4.78 is 5.60. The van der Waals surface area contributed by atoms with Crippen LogP contribution in [0.4, 0.5) is 4.79 Å². The van der Waals surface area contributed by atoms with Crippen LogP contribution in [-0.2, 0) is 4.74 Å². The van der Waals surface area contributed by atoms with E-state index in [9.17, 15) is 4.79 Å². The number of fused-ring (bicyclic) bond motifs is 1. The molecule has 0 bridgehead atoms. The molecule has 116 valence electrons. The molecule has 3 atom stereocenters. The minimum absolute atomic E-state index is 0.119. The Bertz CT molecular complexity index is 349. The molecule has 0 radical (unpaired) electrons. The van der Waals surface area contributed by atoms with Crippen LogP contribution in [0.2, 0.25) is 0 Å². The minimum Gasteiger partial charge on any atom is -0.444 e. The van der Waals surface area contributed by atoms with Gasteiger partial charge in [-0.3, -0.25) is 0 Å². The third-order valence-electron chi connectivity index (χ3n) is 4.62. The summed E-state index contributed by atoms with van der Waals surface area (Å²) in [4.78, 5) is 16.8. The zero-order valence-electron chi connectivity index (χ0n) is 13.7. The maximum atomic E-state index is 12.4. The van der Waals surface area contributed by atoms with Gasteiger partial charge in [0.1, 0.15) is 5.60 Å². The van der Waals surface area contributed by atoms with Gasteiger partial charge >= 0.3 is 6.09 Å². The lowest BCUT2D eigenvalue weighted by Gasteiger charge is -2.49. The summed E-state index contributed by atoms with van der Waals surface area (Å²) in [7, 11) is 4.33. The van der Waals surface area contributed by atoms with Gasteiger partial charge in [0.15, 0.2) is 0 Å². The lowest BCUT2D eigenvalue weighted by atomic mass is 9.74. The van der Waals surface area contributed by atoms with Crippen LogP contribution in [0.1, 0.15) is 52.9 Å². The predicted octanol–water partition coefficient (Wildman–Crippen LogP) is 3.12. The number of likely N-dealkylation sites (tertiary alicyclic amines) is 1. The Hall–Kier alpha value is -0.770. The van der Waals surface area contributed by atoms with E-state index >= 15 is 0 Å². The van der Waals surface area contributed by atoms with Gasteiger partial charge < -0.3 is 14.5 Å². The first-order valence-corrected chi connectivity index (χ1v) is 7.95. The lowest BCUT2D eigenvalue weighted by molar-refractivity contribution is -0.0227. The fourth-order valence-electron chi connectivity index (χ4n) is 3.84. The number of hydrogen-bond acceptors (Lipinski definition) is 3. The topological polar surface area (TPSA) is 32.8 Å². The smallest absolute Gasteiger partial charge is 0.410 e. The van der Waals surface area contributed by atoms with Gasteiger partial charge in [0.05, 0.1) is 0 Å². The fraction of sp³-hybridized carbons (Fsp3) is 0.938. The highest BCUT2D eigenvalue weighted by molar-refractivity contribution is 5.68. The van der Waals surface area contributed by atoms with Crippen molar-refractivity contribution in [3.05, 3.63) is 0 Å². The molecule has 0 N–H and O–H groups in total. The average Bonchev–Trinajstić information content (AvgIpc) is 2.35. The number of carbonyl (C=O) groups is 1. The number of amides is 1. The monoisotopic (exact) mass is 282 g/mol. The summed E-state index contributed by atoms with van der Waals surface area (Å²) in [6.45, 7) is 6.68. The Labute approximate surface area is 123 Å². The van der Waals surface area contributed by atoms with E-state index < -0.39 is 5.60 Å². The quantitative estimate of drug-likeness (QED) is 0.741. The second kappa shape index (κ2) is 5.92. The Morgan fingerprint density at radius 2 is 1.85 bits per heavy atom. The molecule has 4 heteroatoms. The first kappa shape index (κ1) is 15.6. The van der Waals surface area contributed by atoms with Gasteiger partial charge in [-0.15, -0.1) is 0 Å². The minimum atomic E-state index is -0.403. The Balaban J connectivity index is 2.09. The second-order valence-electron chi connectivity index (χ2n) is 7.51. The summed E-state index contributed by atoms with van der Waals surface area (Å²) >= 11 is 0. The molecule has 0 aromatic carbocycles. The summed E-state index contributed by atoms with van der Waals surface area (Å²) in [5.41, 5.74) is -0.403. The number of rotatable bonds is 1. The predicted molar refractivity (Wildman–Crippen MR) is 80.8 cm³/mol. The Morgan fingerprint density at radius 1 is 1.15 bits per heavy atom. The molecular formula is C16H30N2O2. The molecule has 1 saturated carbocycles. The van der Waals surface area contributed by atoms with E-state index in [1.807, 2.05) is 25.7 Å². The van der Waals surface area contributed by atoms with Crippen molar-refractivity contribution >= 4 is 6.09 Å². The third kappa shape index (κ3) is 3.46. The molecule has 2 aliphatic rings. The van der Waals surface area contributed by atoms with Crippen LogP contribution >= 0.6 is 0 Å². The molecule has 0 spiro atoms. The van der Waals surface area contributed by atoms with E-state index in [1.54, 1.807) is 0 Å². The molecule has 4 nitrogen and oxygen atoms in total. The summed E-state index contributed by atoms with van der Waals surface area (Å²) in [5.74, 6) is 0.611. The van der Waals surface area contributed by atoms with Gasteiger partial charge in [0, 0.05) is 18.6 Å². The van der Waals surface area contributed by atoms with Crippen molar-refractivity contribution in [2.45, 2.75) is 70.6 Å². The number of hydrogen-bond donors (Lipinski definition) is 0. The van der Waals surface area contributed by atoms with Crippen LogP contribution in [0.5, 0.6) is 0 Å². The highest BCUT2D eigenvalue weighted by Crippen LogP contribution is 2.37. The van der Waals surface area contributed by atoms with Gasteiger partial charge in [-0.05, 0) is 72.9 Å². The highest BCUT2D eigenvalue weighted by atomic mass is 16.6. The third-order valence-corrected chi connectivity index (χ3v) is 4.62. The summed E-state index contributed by atoms with van der Waals surface area (Å²) in [6, 6.07) is 0.985. The zero-order chi connectivity index (χ0) is 14.9. The van der Waals surface area contributed by atoms with E-state index in [1.165, 1.54) is 19.3 Å². The van der Waals surface area contributed by atoms with Gasteiger partial charge in [0.2, 0.25) is 0 Å². The van der Waals surface area contributed by atoms with Gasteiger partial charge in [-0.2, -0.15) is 0 Å². The van der Waals surface area contributed by atoms with Crippen molar-refractivity contribution in [3.8, 4) is 0 Å². The molecule has 1 aliphatic heterocycles. The zero-order valence-corrected chi connectivity index (χ0v) is 13.7. The van der Waals surface area contributed by atoms with Gasteiger partial charge in [0.25, 0.3) is 0 Å². The van der Waals surface area contributed by atoms with Crippen LogP contribution in [0.15, 0.2) is 0 Å². The molecule has 1 heterocycles. The molecule has 0 aromatic heterocycles. The summed E-state index contributed by atoms with van der Waals surface area (Å²) in [5, 5.41) is 0. The molecule has 3 unspecified atom stereocenters. The van der Waals surface area contributed by atoms with E-state index in [4.69, 9.17) is 4.74 Å². The van der Waals surface area contributed by atoms with Crippen LogP contribution < -0.4 is 0 Å². The average molecular weight is 282 g/mol. The van der Waals surface area contributed by atoms with E-state index in [0.717, 1.165) is 19.4 Å². The maximum absolute atomic E-state index is 12.4. The highest BCUT2D eigenvalue weighted by Gasteiger charge is 2.42. The number of ether oxygens (including phenoxy) is 1. The normalized spacial score (nSPS) is 31.1. The maximum Gasteiger partial charge on any atom is 0.410 e. The van der Waals surface area contributed by atoms with Crippen molar-refractivity contribution in [2.24, 2.45) is 5.92 Å². The number of piperidine rings is 1. The lowest BCUT2D eigenvalue weighted by Crippen LogP contribution is -2.56. The molecule has 1 aliphatic carbocycles. The van der Waals surface area contributed by atoms with E-state index in [0.29, 0.717) is 18.0 Å². The second-order valence-corrected chi connectivity index (χ2v) is 7.51. The number of nitrogens with zero attached hydrogens (tertiary/aromatic N) is 2. The largest absolute Gasteiger partial charge is 0.444 e. The molecular weight excluding hydrogens is 252 g/mol. The Kier molecular flexibility index (Phi) is 4.62. The molecule has 2 fully saturated rings. The molecule has 1 amide bonds. The van der Waals surface area contributed by atoms with Crippen molar-refractivity contribution in [1.82, 2.24) is 9.80 Å². The SMILES string of the molecule is CN(C)C1CCCC2C1CCCN2C(=O)OC(C)(C)C. The van der Waals surface area contributed by atoms with Crippen LogP contribution in [0, 0.1) is 5.92 Å². The van der Waals surface area contributed by atoms with Crippen LogP contribution in [0.3, 0.4) is 0 Å². The molecule has 2 rings (SSSR count).